The van der Waals surface area contributed by atoms with Crippen molar-refractivity contribution in [2.24, 2.45) is 4.99 Å². The molecule has 1 rings (SSSR count). The van der Waals surface area contributed by atoms with Gasteiger partial charge in [0.1, 0.15) is 0 Å². The molecule has 0 unspecified atom stereocenters. The van der Waals surface area contributed by atoms with E-state index in [-0.39, 0.29) is 11.5 Å². The van der Waals surface area contributed by atoms with Gasteiger partial charge in [0.2, 0.25) is 0 Å². The van der Waals surface area contributed by atoms with Gasteiger partial charge in [0, 0.05) is 32.9 Å². The van der Waals surface area contributed by atoms with Crippen LogP contribution in [-0.2, 0) is 16.4 Å². The minimum absolute atomic E-state index is 0.0864. The third kappa shape index (κ3) is 6.02. The molecule has 0 bridgehead atoms. The summed E-state index contributed by atoms with van der Waals surface area (Å²) in [5.74, 6) is 0.854. The number of nitrogens with one attached hydrogen (secondary N) is 1. The van der Waals surface area contributed by atoms with Crippen molar-refractivity contribution in [1.29, 1.82) is 0 Å². The van der Waals surface area contributed by atoms with Crippen LogP contribution >= 0.6 is 23.2 Å². The van der Waals surface area contributed by atoms with Crippen molar-refractivity contribution in [2.45, 2.75) is 13.5 Å². The van der Waals surface area contributed by atoms with Gasteiger partial charge in [0.15, 0.2) is 15.8 Å². The van der Waals surface area contributed by atoms with Gasteiger partial charge in [-0.15, -0.1) is 0 Å². The molecule has 1 N–H and O–H groups in total. The van der Waals surface area contributed by atoms with Crippen LogP contribution in [0.1, 0.15) is 12.5 Å². The zero-order chi connectivity index (χ0) is 16.8. The molecular formula is C14H21Cl2N3O2S. The van der Waals surface area contributed by atoms with E-state index in [0.29, 0.717) is 29.1 Å². The van der Waals surface area contributed by atoms with Gasteiger partial charge < -0.3 is 10.2 Å². The maximum absolute atomic E-state index is 11.5. The second kappa shape index (κ2) is 8.60. The van der Waals surface area contributed by atoms with E-state index < -0.39 is 9.84 Å². The number of rotatable bonds is 6. The number of hydrogen-bond donors (Lipinski definition) is 1. The van der Waals surface area contributed by atoms with Crippen molar-refractivity contribution < 1.29 is 8.42 Å². The van der Waals surface area contributed by atoms with Gasteiger partial charge in [0.25, 0.3) is 0 Å². The summed E-state index contributed by atoms with van der Waals surface area (Å²) in [7, 11) is 0.536. The van der Waals surface area contributed by atoms with Crippen molar-refractivity contribution in [2.75, 3.05) is 32.1 Å². The molecule has 1 aromatic rings. The summed E-state index contributed by atoms with van der Waals surface area (Å²) in [6.07, 6.45) is 0. The predicted molar refractivity (Wildman–Crippen MR) is 93.6 cm³/mol. The molecule has 0 aliphatic rings. The van der Waals surface area contributed by atoms with Crippen LogP contribution in [0.25, 0.3) is 0 Å². The maximum atomic E-state index is 11.5. The summed E-state index contributed by atoms with van der Waals surface area (Å²) < 4.78 is 23.0. The van der Waals surface area contributed by atoms with Crippen LogP contribution in [0.2, 0.25) is 10.0 Å². The summed E-state index contributed by atoms with van der Waals surface area (Å²) in [5.41, 5.74) is 0.987. The van der Waals surface area contributed by atoms with Crippen LogP contribution in [0, 0.1) is 0 Å². The van der Waals surface area contributed by atoms with Crippen LogP contribution in [-0.4, -0.2) is 51.4 Å². The first-order valence-corrected chi connectivity index (χ1v) is 9.43. The standard InChI is InChI=1S/C14H21Cl2N3O2S/c1-4-22(20,21)8-7-18-14(17-2)19(3)10-11-5-6-12(15)13(16)9-11/h5-6,9H,4,7-8,10H2,1-3H3,(H,17,18). The van der Waals surface area contributed by atoms with Crippen LogP contribution in [0.3, 0.4) is 0 Å². The smallest absolute Gasteiger partial charge is 0.193 e. The van der Waals surface area contributed by atoms with Gasteiger partial charge in [-0.25, -0.2) is 8.42 Å². The average molecular weight is 366 g/mol. The zero-order valence-corrected chi connectivity index (χ0v) is 15.3. The fraction of sp³-hybridized carbons (Fsp3) is 0.500. The van der Waals surface area contributed by atoms with Gasteiger partial charge in [-0.2, -0.15) is 0 Å². The van der Waals surface area contributed by atoms with Crippen molar-refractivity contribution in [1.82, 2.24) is 10.2 Å². The maximum Gasteiger partial charge on any atom is 0.193 e. The number of nitrogens with zero attached hydrogens (tertiary/aromatic N) is 2. The second-order valence-corrected chi connectivity index (χ2v) is 8.10. The Balaban J connectivity index is 2.61. The van der Waals surface area contributed by atoms with Crippen LogP contribution in [0.5, 0.6) is 0 Å². The van der Waals surface area contributed by atoms with Crippen LogP contribution < -0.4 is 5.32 Å². The molecule has 0 aromatic heterocycles. The van der Waals surface area contributed by atoms with E-state index in [2.05, 4.69) is 10.3 Å². The van der Waals surface area contributed by atoms with E-state index in [1.807, 2.05) is 18.0 Å². The van der Waals surface area contributed by atoms with Crippen LogP contribution in [0.15, 0.2) is 23.2 Å². The molecular weight excluding hydrogens is 345 g/mol. The lowest BCUT2D eigenvalue weighted by Gasteiger charge is -2.22. The van der Waals surface area contributed by atoms with Crippen molar-refractivity contribution in [3.05, 3.63) is 33.8 Å². The number of aliphatic imine (C=N–C) groups is 1. The molecule has 0 atom stereocenters. The lowest BCUT2D eigenvalue weighted by molar-refractivity contribution is 0.479. The highest BCUT2D eigenvalue weighted by Gasteiger charge is 2.10. The Morgan fingerprint density at radius 3 is 2.55 bits per heavy atom. The van der Waals surface area contributed by atoms with E-state index >= 15 is 0 Å². The Hall–Kier alpha value is -0.980. The molecule has 1 aromatic carbocycles. The highest BCUT2D eigenvalue weighted by molar-refractivity contribution is 7.91. The third-order valence-corrected chi connectivity index (χ3v) is 5.56. The highest BCUT2D eigenvalue weighted by Crippen LogP contribution is 2.23. The predicted octanol–water partition coefficient (Wildman–Crippen LogP) is 2.44. The number of sulfone groups is 1. The van der Waals surface area contributed by atoms with Gasteiger partial charge >= 0.3 is 0 Å². The second-order valence-electron chi connectivity index (χ2n) is 4.81. The lowest BCUT2D eigenvalue weighted by atomic mass is 10.2. The molecule has 0 saturated heterocycles. The number of benzene rings is 1. The SMILES string of the molecule is CCS(=O)(=O)CCNC(=NC)N(C)Cc1ccc(Cl)c(Cl)c1. The van der Waals surface area contributed by atoms with Gasteiger partial charge in [-0.05, 0) is 17.7 Å². The van der Waals surface area contributed by atoms with Crippen molar-refractivity contribution in [3.8, 4) is 0 Å². The fourth-order valence-electron chi connectivity index (χ4n) is 1.83. The lowest BCUT2D eigenvalue weighted by Crippen LogP contribution is -2.40. The normalized spacial score (nSPS) is 12.3. The van der Waals surface area contributed by atoms with Gasteiger partial charge in [-0.3, -0.25) is 4.99 Å². The third-order valence-electron chi connectivity index (χ3n) is 3.11. The van der Waals surface area contributed by atoms with E-state index in [4.69, 9.17) is 23.2 Å². The summed E-state index contributed by atoms with van der Waals surface area (Å²) in [6, 6.07) is 5.44. The Kier molecular flexibility index (Phi) is 7.45. The molecule has 5 nitrogen and oxygen atoms in total. The van der Waals surface area contributed by atoms with Crippen LogP contribution in [0.4, 0.5) is 0 Å². The molecule has 0 aliphatic carbocycles. The number of halogens is 2. The monoisotopic (exact) mass is 365 g/mol. The molecule has 0 radical (unpaired) electrons. The van der Waals surface area contributed by atoms with E-state index in [1.165, 1.54) is 0 Å². The molecule has 8 heteroatoms. The quantitative estimate of drug-likeness (QED) is 0.621. The molecule has 124 valence electrons. The molecule has 0 fully saturated rings. The van der Waals surface area contributed by atoms with Crippen molar-refractivity contribution in [3.63, 3.8) is 0 Å². The topological polar surface area (TPSA) is 61.8 Å². The summed E-state index contributed by atoms with van der Waals surface area (Å²) in [6.45, 7) is 2.55. The first-order chi connectivity index (χ1) is 10.3. The Bertz CT molecular complexity index is 633. The minimum Gasteiger partial charge on any atom is -0.355 e. The first-order valence-electron chi connectivity index (χ1n) is 6.85. The minimum atomic E-state index is -2.99. The zero-order valence-electron chi connectivity index (χ0n) is 12.9. The molecule has 0 amide bonds. The molecule has 0 spiro atoms. The molecule has 22 heavy (non-hydrogen) atoms. The molecule has 0 aliphatic heterocycles. The number of hydrogen-bond acceptors (Lipinski definition) is 3. The summed E-state index contributed by atoms with van der Waals surface area (Å²) in [5, 5.41) is 4.06. The Morgan fingerprint density at radius 1 is 1.32 bits per heavy atom. The number of guanidine groups is 1. The first kappa shape index (κ1) is 19.1. The van der Waals surface area contributed by atoms with Gasteiger partial charge in [0.05, 0.1) is 15.8 Å². The fourth-order valence-corrected chi connectivity index (χ4v) is 2.86. The summed E-state index contributed by atoms with van der Waals surface area (Å²) >= 11 is 11.9. The molecule has 0 saturated carbocycles. The summed E-state index contributed by atoms with van der Waals surface area (Å²) in [4.78, 5) is 6.03. The average Bonchev–Trinajstić information content (AvgIpc) is 2.47. The van der Waals surface area contributed by atoms with Crippen molar-refractivity contribution >= 4 is 39.0 Å². The Morgan fingerprint density at radius 2 is 2.00 bits per heavy atom. The Labute approximate surface area is 142 Å². The van der Waals surface area contributed by atoms with E-state index in [0.717, 1.165) is 5.56 Å². The largest absolute Gasteiger partial charge is 0.355 e. The van der Waals surface area contributed by atoms with Gasteiger partial charge in [-0.1, -0.05) is 36.2 Å². The molecule has 0 heterocycles. The highest BCUT2D eigenvalue weighted by atomic mass is 35.5. The van der Waals surface area contributed by atoms with E-state index in [9.17, 15) is 8.42 Å². The van der Waals surface area contributed by atoms with E-state index in [1.54, 1.807) is 26.1 Å².